The normalized spacial score (nSPS) is 19.2. The Morgan fingerprint density at radius 3 is 2.60 bits per heavy atom. The predicted octanol–water partition coefficient (Wildman–Crippen LogP) is 2.04. The van der Waals surface area contributed by atoms with Crippen molar-refractivity contribution >= 4 is 35.6 Å². The van der Waals surface area contributed by atoms with Crippen LogP contribution in [0.1, 0.15) is 12.8 Å². The molecule has 0 bridgehead atoms. The van der Waals surface area contributed by atoms with Crippen LogP contribution in [0.5, 0.6) is 5.75 Å². The molecular formula is C22H39IN6O. The highest BCUT2D eigenvalue weighted by Crippen LogP contribution is 2.22. The number of hydrogen-bond acceptors (Lipinski definition) is 5. The van der Waals surface area contributed by atoms with Gasteiger partial charge in [0.05, 0.1) is 7.11 Å². The van der Waals surface area contributed by atoms with Gasteiger partial charge in [0, 0.05) is 64.6 Å². The van der Waals surface area contributed by atoms with Crippen LogP contribution < -0.4 is 15.0 Å². The second-order valence-corrected chi connectivity index (χ2v) is 8.00. The van der Waals surface area contributed by atoms with E-state index in [0.29, 0.717) is 0 Å². The fraction of sp³-hybridized carbons (Fsp3) is 0.682. The number of piperazine rings is 1. The van der Waals surface area contributed by atoms with Crippen LogP contribution >= 0.6 is 24.0 Å². The van der Waals surface area contributed by atoms with Gasteiger partial charge in [-0.25, -0.2) is 0 Å². The van der Waals surface area contributed by atoms with Crippen LogP contribution in [0.3, 0.4) is 0 Å². The zero-order valence-electron chi connectivity index (χ0n) is 18.8. The minimum absolute atomic E-state index is 0. The highest BCUT2D eigenvalue weighted by Gasteiger charge is 2.20. The number of ether oxygens (including phenoxy) is 1. The summed E-state index contributed by atoms with van der Waals surface area (Å²) in [7, 11) is 5.84. The second kappa shape index (κ2) is 13.2. The molecular weight excluding hydrogens is 491 g/mol. The molecule has 0 radical (unpaired) electrons. The van der Waals surface area contributed by atoms with Gasteiger partial charge in [0.15, 0.2) is 5.96 Å². The van der Waals surface area contributed by atoms with E-state index in [1.54, 1.807) is 7.11 Å². The Morgan fingerprint density at radius 1 is 1.07 bits per heavy atom. The Labute approximate surface area is 199 Å². The molecule has 170 valence electrons. The van der Waals surface area contributed by atoms with Gasteiger partial charge in [0.1, 0.15) is 5.75 Å². The van der Waals surface area contributed by atoms with Crippen LogP contribution in [0, 0.1) is 0 Å². The summed E-state index contributed by atoms with van der Waals surface area (Å²) < 4.78 is 5.36. The maximum Gasteiger partial charge on any atom is 0.193 e. The zero-order valence-corrected chi connectivity index (χ0v) is 21.2. The van der Waals surface area contributed by atoms with Gasteiger partial charge in [0.25, 0.3) is 0 Å². The molecule has 0 aromatic heterocycles. The van der Waals surface area contributed by atoms with Crippen molar-refractivity contribution in [3.8, 4) is 5.75 Å². The lowest BCUT2D eigenvalue weighted by Crippen LogP contribution is -2.52. The maximum atomic E-state index is 5.36. The fourth-order valence-electron chi connectivity index (χ4n) is 4.14. The Morgan fingerprint density at radius 2 is 1.87 bits per heavy atom. The van der Waals surface area contributed by atoms with E-state index < -0.39 is 0 Å². The van der Waals surface area contributed by atoms with Crippen LogP contribution in [0.15, 0.2) is 29.3 Å². The van der Waals surface area contributed by atoms with Gasteiger partial charge < -0.3 is 29.7 Å². The van der Waals surface area contributed by atoms with E-state index in [0.717, 1.165) is 50.9 Å². The van der Waals surface area contributed by atoms with Gasteiger partial charge in [-0.3, -0.25) is 4.99 Å². The first-order valence-electron chi connectivity index (χ1n) is 10.9. The lowest BCUT2D eigenvalue weighted by molar-refractivity contribution is 0.273. The largest absolute Gasteiger partial charge is 0.497 e. The number of methoxy groups -OCH3 is 1. The molecule has 0 aliphatic carbocycles. The van der Waals surface area contributed by atoms with E-state index >= 15 is 0 Å². The minimum atomic E-state index is 0. The SMILES string of the molecule is CN=C(NCCCN1CCCN(C)CC1)N1CCN(c2cccc(OC)c2)CC1.I. The van der Waals surface area contributed by atoms with Crippen LogP contribution in [0.2, 0.25) is 0 Å². The maximum absolute atomic E-state index is 5.36. The van der Waals surface area contributed by atoms with Crippen LogP contribution in [0.25, 0.3) is 0 Å². The predicted molar refractivity (Wildman–Crippen MR) is 137 cm³/mol. The lowest BCUT2D eigenvalue weighted by atomic mass is 10.2. The quantitative estimate of drug-likeness (QED) is 0.263. The highest BCUT2D eigenvalue weighted by molar-refractivity contribution is 14.0. The average molecular weight is 530 g/mol. The van der Waals surface area contributed by atoms with Crippen LogP contribution in [-0.4, -0.2) is 107 Å². The number of hydrogen-bond donors (Lipinski definition) is 1. The molecule has 1 N–H and O–H groups in total. The summed E-state index contributed by atoms with van der Waals surface area (Å²) in [4.78, 5) is 14.3. The summed E-state index contributed by atoms with van der Waals surface area (Å²) >= 11 is 0. The number of benzene rings is 1. The van der Waals surface area contributed by atoms with Gasteiger partial charge in [-0.15, -0.1) is 24.0 Å². The molecule has 0 amide bonds. The Balaban J connectivity index is 0.00000320. The van der Waals surface area contributed by atoms with E-state index in [9.17, 15) is 0 Å². The Hall–Kier alpha value is -1.26. The summed E-state index contributed by atoms with van der Waals surface area (Å²) in [5.41, 5.74) is 1.23. The summed E-state index contributed by atoms with van der Waals surface area (Å²) in [6.07, 6.45) is 2.44. The fourth-order valence-corrected chi connectivity index (χ4v) is 4.14. The van der Waals surface area contributed by atoms with Crippen molar-refractivity contribution in [3.05, 3.63) is 24.3 Å². The van der Waals surface area contributed by atoms with Crippen molar-refractivity contribution in [2.24, 2.45) is 4.99 Å². The van der Waals surface area contributed by atoms with Crippen molar-refractivity contribution in [2.45, 2.75) is 12.8 Å². The molecule has 8 heteroatoms. The topological polar surface area (TPSA) is 46.6 Å². The first-order chi connectivity index (χ1) is 14.2. The van der Waals surface area contributed by atoms with Crippen LogP contribution in [0.4, 0.5) is 5.69 Å². The summed E-state index contributed by atoms with van der Waals surface area (Å²) in [5.74, 6) is 1.95. The van der Waals surface area contributed by atoms with E-state index in [1.165, 1.54) is 44.8 Å². The third kappa shape index (κ3) is 7.46. The third-order valence-corrected chi connectivity index (χ3v) is 5.96. The average Bonchev–Trinajstić information content (AvgIpc) is 2.98. The monoisotopic (exact) mass is 530 g/mol. The highest BCUT2D eigenvalue weighted by atomic mass is 127. The van der Waals surface area contributed by atoms with E-state index in [2.05, 4.69) is 55.2 Å². The van der Waals surface area contributed by atoms with Gasteiger partial charge in [-0.1, -0.05) is 6.07 Å². The van der Waals surface area contributed by atoms with Crippen molar-refractivity contribution < 1.29 is 4.74 Å². The number of likely N-dealkylation sites (N-methyl/N-ethyl adjacent to an activating group) is 1. The molecule has 30 heavy (non-hydrogen) atoms. The van der Waals surface area contributed by atoms with E-state index in [4.69, 9.17) is 4.74 Å². The second-order valence-electron chi connectivity index (χ2n) is 8.00. The Bertz CT molecular complexity index is 650. The third-order valence-electron chi connectivity index (χ3n) is 5.96. The minimum Gasteiger partial charge on any atom is -0.497 e. The molecule has 2 heterocycles. The van der Waals surface area contributed by atoms with Crippen LogP contribution in [-0.2, 0) is 0 Å². The summed E-state index contributed by atoms with van der Waals surface area (Å²) in [6, 6.07) is 8.33. The number of guanidine groups is 1. The molecule has 2 fully saturated rings. The molecule has 0 saturated carbocycles. The summed E-state index contributed by atoms with van der Waals surface area (Å²) in [6.45, 7) is 10.9. The number of nitrogens with one attached hydrogen (secondary N) is 1. The number of rotatable bonds is 6. The number of halogens is 1. The molecule has 0 unspecified atom stereocenters. The van der Waals surface area contributed by atoms with Gasteiger partial charge >= 0.3 is 0 Å². The van der Waals surface area contributed by atoms with Crippen molar-refractivity contribution in [1.82, 2.24) is 20.0 Å². The first-order valence-corrected chi connectivity index (χ1v) is 10.9. The van der Waals surface area contributed by atoms with Gasteiger partial charge in [0.2, 0.25) is 0 Å². The molecule has 1 aromatic rings. The smallest absolute Gasteiger partial charge is 0.193 e. The molecule has 2 saturated heterocycles. The molecule has 7 nitrogen and oxygen atoms in total. The number of aliphatic imine (C=N–C) groups is 1. The molecule has 0 spiro atoms. The molecule has 1 aromatic carbocycles. The molecule has 0 atom stereocenters. The number of anilines is 1. The van der Waals surface area contributed by atoms with Crippen molar-refractivity contribution in [2.75, 3.05) is 91.6 Å². The Kier molecular flexibility index (Phi) is 11.0. The van der Waals surface area contributed by atoms with Crippen molar-refractivity contribution in [3.63, 3.8) is 0 Å². The molecule has 2 aliphatic heterocycles. The summed E-state index contributed by atoms with van der Waals surface area (Å²) in [5, 5.41) is 3.58. The van der Waals surface area contributed by atoms with Crippen molar-refractivity contribution in [1.29, 1.82) is 0 Å². The molecule has 3 rings (SSSR count). The van der Waals surface area contributed by atoms with E-state index in [-0.39, 0.29) is 24.0 Å². The first kappa shape index (κ1) is 25.0. The zero-order chi connectivity index (χ0) is 20.5. The molecule has 2 aliphatic rings. The van der Waals surface area contributed by atoms with E-state index in [1.807, 2.05) is 13.1 Å². The lowest BCUT2D eigenvalue weighted by Gasteiger charge is -2.37. The van der Waals surface area contributed by atoms with Gasteiger partial charge in [-0.05, 0) is 51.7 Å². The van der Waals surface area contributed by atoms with Gasteiger partial charge in [-0.2, -0.15) is 0 Å². The standard InChI is InChI=1S/C22H38N6O.HI/c1-23-22(24-9-5-11-26-12-6-10-25(2)13-14-26)28-17-15-27(16-18-28)20-7-4-8-21(19-20)29-3;/h4,7-8,19H,5-6,9-18H2,1-3H3,(H,23,24);1H. The number of nitrogens with zero attached hydrogens (tertiary/aromatic N) is 5.